The van der Waals surface area contributed by atoms with Crippen molar-refractivity contribution in [3.63, 3.8) is 0 Å². The van der Waals surface area contributed by atoms with E-state index in [1.54, 1.807) is 27.7 Å². The molecule has 0 aliphatic rings. The van der Waals surface area contributed by atoms with E-state index in [-0.39, 0.29) is 0 Å². The second-order valence-electron chi connectivity index (χ2n) is 4.84. The number of hydrogen-bond acceptors (Lipinski definition) is 8. The molecule has 5 unspecified atom stereocenters. The predicted molar refractivity (Wildman–Crippen MR) is 83.7 cm³/mol. The zero-order valence-electron chi connectivity index (χ0n) is 14.3. The van der Waals surface area contributed by atoms with Crippen LogP contribution in [0.4, 0.5) is 0 Å². The van der Waals surface area contributed by atoms with Gasteiger partial charge in [-0.3, -0.25) is 0 Å². The molecule has 0 heterocycles. The van der Waals surface area contributed by atoms with Gasteiger partial charge in [0.25, 0.3) is 0 Å². The molecule has 138 valence electrons. The highest BCUT2D eigenvalue weighted by atomic mass is 16.7. The van der Waals surface area contributed by atoms with Gasteiger partial charge in [0.15, 0.2) is 12.6 Å². The van der Waals surface area contributed by atoms with E-state index < -0.39 is 31.0 Å². The van der Waals surface area contributed by atoms with Crippen LogP contribution in [0.5, 0.6) is 0 Å². The zero-order chi connectivity index (χ0) is 18.1. The summed E-state index contributed by atoms with van der Waals surface area (Å²) in [4.78, 5) is 0. The third-order valence-corrected chi connectivity index (χ3v) is 1.73. The Kier molecular flexibility index (Phi) is 22.6. The maximum absolute atomic E-state index is 8.78. The number of hydrogen-bond donors (Lipinski definition) is 6. The van der Waals surface area contributed by atoms with E-state index in [1.807, 2.05) is 0 Å². The van der Waals surface area contributed by atoms with Gasteiger partial charge in [0, 0.05) is 0 Å². The quantitative estimate of drug-likeness (QED) is 0.327. The summed E-state index contributed by atoms with van der Waals surface area (Å²) < 4.78 is 9.52. The van der Waals surface area contributed by atoms with Crippen LogP contribution in [-0.2, 0) is 9.47 Å². The van der Waals surface area contributed by atoms with E-state index in [0.717, 1.165) is 0 Å². The molecule has 0 radical (unpaired) electrons. The smallest absolute Gasteiger partial charge is 0.157 e. The largest absolute Gasteiger partial charge is 0.391 e. The van der Waals surface area contributed by atoms with Gasteiger partial charge in [-0.25, -0.2) is 0 Å². The van der Waals surface area contributed by atoms with E-state index in [0.29, 0.717) is 26.1 Å². The van der Waals surface area contributed by atoms with Crippen molar-refractivity contribution in [2.75, 3.05) is 13.2 Å². The third-order valence-electron chi connectivity index (χ3n) is 1.73. The minimum absolute atomic E-state index is 0.297. The van der Waals surface area contributed by atoms with Crippen LogP contribution in [0.1, 0.15) is 47.5 Å². The standard InChI is InChI=1S/2C6H14O3.C2H7NO/c1-5(7)3-9-4-6(2)8;1-3-5(7)9-6(8)4-2;1-2(3)4/h2*5-8H,3-4H2,1-2H3;2,4H,3H2,1H3. The van der Waals surface area contributed by atoms with Crippen molar-refractivity contribution in [3.05, 3.63) is 0 Å². The maximum Gasteiger partial charge on any atom is 0.157 e. The van der Waals surface area contributed by atoms with E-state index in [9.17, 15) is 0 Å². The van der Waals surface area contributed by atoms with Crippen molar-refractivity contribution in [1.82, 2.24) is 0 Å². The van der Waals surface area contributed by atoms with Gasteiger partial charge < -0.3 is 40.7 Å². The lowest BCUT2D eigenvalue weighted by molar-refractivity contribution is -0.208. The van der Waals surface area contributed by atoms with Crippen molar-refractivity contribution in [3.8, 4) is 0 Å². The van der Waals surface area contributed by atoms with Crippen molar-refractivity contribution >= 4 is 0 Å². The summed E-state index contributed by atoms with van der Waals surface area (Å²) in [5.74, 6) is 0. The fraction of sp³-hybridized carbons (Fsp3) is 1.00. The van der Waals surface area contributed by atoms with E-state index >= 15 is 0 Å². The lowest BCUT2D eigenvalue weighted by Gasteiger charge is -2.13. The van der Waals surface area contributed by atoms with Crippen molar-refractivity contribution in [1.29, 1.82) is 0 Å². The Morgan fingerprint density at radius 2 is 1.05 bits per heavy atom. The molecule has 22 heavy (non-hydrogen) atoms. The van der Waals surface area contributed by atoms with Crippen LogP contribution in [0.2, 0.25) is 0 Å². The third kappa shape index (κ3) is 36.7. The number of rotatable bonds is 8. The minimum atomic E-state index is -0.819. The molecular weight excluding hydrogens is 294 g/mol. The summed E-state index contributed by atoms with van der Waals surface area (Å²) in [6.07, 6.45) is -2.17. The Morgan fingerprint density at radius 3 is 1.23 bits per heavy atom. The van der Waals surface area contributed by atoms with Gasteiger partial charge in [0.1, 0.15) is 0 Å². The second-order valence-corrected chi connectivity index (χ2v) is 4.84. The molecule has 0 aliphatic carbocycles. The molecule has 0 saturated carbocycles. The molecule has 0 aromatic rings. The average molecular weight is 329 g/mol. The zero-order valence-corrected chi connectivity index (χ0v) is 14.3. The molecule has 8 nitrogen and oxygen atoms in total. The van der Waals surface area contributed by atoms with E-state index in [4.69, 9.17) is 30.3 Å². The van der Waals surface area contributed by atoms with Crippen molar-refractivity contribution < 1.29 is 35.0 Å². The van der Waals surface area contributed by atoms with Crippen LogP contribution in [0.25, 0.3) is 0 Å². The summed E-state index contributed by atoms with van der Waals surface area (Å²) in [6.45, 7) is 8.94. The Labute approximate surface area is 133 Å². The Bertz CT molecular complexity index is 185. The van der Waals surface area contributed by atoms with Crippen molar-refractivity contribution in [2.24, 2.45) is 5.73 Å². The lowest BCUT2D eigenvalue weighted by Crippen LogP contribution is -2.19. The molecule has 0 spiro atoms. The van der Waals surface area contributed by atoms with Crippen LogP contribution >= 0.6 is 0 Å². The lowest BCUT2D eigenvalue weighted by atomic mass is 10.4. The first-order chi connectivity index (χ1) is 10.1. The molecule has 0 fully saturated rings. The first-order valence-corrected chi connectivity index (χ1v) is 7.45. The summed E-state index contributed by atoms with van der Waals surface area (Å²) in [7, 11) is 0. The molecule has 7 N–H and O–H groups in total. The molecule has 5 atom stereocenters. The maximum atomic E-state index is 8.78. The number of nitrogens with two attached hydrogens (primary N) is 1. The number of aliphatic hydroxyl groups excluding tert-OH is 5. The van der Waals surface area contributed by atoms with Crippen LogP contribution in [-0.4, -0.2) is 69.8 Å². The van der Waals surface area contributed by atoms with Gasteiger partial charge in [-0.15, -0.1) is 0 Å². The van der Waals surface area contributed by atoms with Crippen LogP contribution in [0.15, 0.2) is 0 Å². The minimum Gasteiger partial charge on any atom is -0.391 e. The summed E-state index contributed by atoms with van der Waals surface area (Å²) >= 11 is 0. The average Bonchev–Trinajstić information content (AvgIpc) is 2.37. The van der Waals surface area contributed by atoms with Gasteiger partial charge >= 0.3 is 0 Å². The van der Waals surface area contributed by atoms with Crippen molar-refractivity contribution in [2.45, 2.75) is 78.5 Å². The van der Waals surface area contributed by atoms with Gasteiger partial charge in [-0.05, 0) is 33.6 Å². The normalized spacial score (nSPS) is 17.0. The van der Waals surface area contributed by atoms with E-state index in [2.05, 4.69) is 10.5 Å². The Balaban J connectivity index is -0.000000266. The predicted octanol–water partition coefficient (Wildman–Crippen LogP) is -0.492. The molecule has 0 rings (SSSR count). The monoisotopic (exact) mass is 329 g/mol. The SMILES string of the molecule is CC(N)O.CC(O)COCC(C)O.CCC(O)OC(O)CC. The van der Waals surface area contributed by atoms with Crippen LogP contribution in [0, 0.1) is 0 Å². The highest BCUT2D eigenvalue weighted by molar-refractivity contribution is 4.45. The molecular formula is C14H35NO7. The first kappa shape index (κ1) is 26.6. The summed E-state index contributed by atoms with van der Waals surface area (Å²) in [5, 5.41) is 42.7. The van der Waals surface area contributed by atoms with Crippen LogP contribution in [0.3, 0.4) is 0 Å². The molecule has 0 aromatic heterocycles. The molecule has 0 aliphatic heterocycles. The second kappa shape index (κ2) is 18.7. The van der Waals surface area contributed by atoms with Crippen LogP contribution < -0.4 is 5.73 Å². The van der Waals surface area contributed by atoms with E-state index in [1.165, 1.54) is 6.92 Å². The molecule has 0 bridgehead atoms. The van der Waals surface area contributed by atoms with Gasteiger partial charge in [-0.1, -0.05) is 13.8 Å². The van der Waals surface area contributed by atoms with Gasteiger partial charge in [0.2, 0.25) is 0 Å². The number of aliphatic hydroxyl groups is 5. The molecule has 8 heteroatoms. The summed E-state index contributed by atoms with van der Waals surface area (Å²) in [5.41, 5.74) is 4.67. The Hall–Kier alpha value is -0.320. The van der Waals surface area contributed by atoms with Gasteiger partial charge in [-0.2, -0.15) is 0 Å². The fourth-order valence-electron chi connectivity index (χ4n) is 0.783. The Morgan fingerprint density at radius 1 is 0.773 bits per heavy atom. The summed E-state index contributed by atoms with van der Waals surface area (Å²) in [6, 6.07) is 0. The molecule has 0 saturated heterocycles. The molecule has 0 amide bonds. The topological polar surface area (TPSA) is 146 Å². The fourth-order valence-corrected chi connectivity index (χ4v) is 0.783. The first-order valence-electron chi connectivity index (χ1n) is 7.45. The molecule has 0 aromatic carbocycles. The van der Waals surface area contributed by atoms with Gasteiger partial charge in [0.05, 0.1) is 31.6 Å². The highest BCUT2D eigenvalue weighted by Gasteiger charge is 2.05. The highest BCUT2D eigenvalue weighted by Crippen LogP contribution is 1.99. The number of ether oxygens (including phenoxy) is 2.